The van der Waals surface area contributed by atoms with Gasteiger partial charge in [0.25, 0.3) is 0 Å². The van der Waals surface area contributed by atoms with Crippen LogP contribution < -0.4 is 4.90 Å². The maximum atomic E-state index is 9.60. The van der Waals surface area contributed by atoms with Crippen molar-refractivity contribution >= 4 is 59.1 Å². The number of anilines is 2. The van der Waals surface area contributed by atoms with E-state index in [9.17, 15) is 15.8 Å². The van der Waals surface area contributed by atoms with E-state index in [4.69, 9.17) is 0 Å². The van der Waals surface area contributed by atoms with Crippen molar-refractivity contribution < 1.29 is 0 Å². The highest BCUT2D eigenvalue weighted by Crippen LogP contribution is 2.43. The maximum absolute atomic E-state index is 9.60. The molecule has 0 aliphatic heterocycles. The molecular formula is C35H34N4S2. The summed E-state index contributed by atoms with van der Waals surface area (Å²) in [7, 11) is 0. The summed E-state index contributed by atoms with van der Waals surface area (Å²) in [5.41, 5.74) is 3.63. The van der Waals surface area contributed by atoms with Crippen LogP contribution in [0.1, 0.15) is 58.4 Å². The van der Waals surface area contributed by atoms with Gasteiger partial charge in [-0.2, -0.15) is 15.8 Å². The van der Waals surface area contributed by atoms with E-state index in [1.807, 2.05) is 24.3 Å². The van der Waals surface area contributed by atoms with E-state index in [2.05, 4.69) is 114 Å². The molecule has 1 unspecified atom stereocenters. The molecule has 0 aliphatic carbocycles. The van der Waals surface area contributed by atoms with Crippen molar-refractivity contribution in [1.29, 1.82) is 15.8 Å². The first-order valence-corrected chi connectivity index (χ1v) is 15.1. The van der Waals surface area contributed by atoms with E-state index in [0.29, 0.717) is 10.8 Å². The lowest BCUT2D eigenvalue weighted by Crippen LogP contribution is -2.17. The Morgan fingerprint density at radius 1 is 0.878 bits per heavy atom. The van der Waals surface area contributed by atoms with E-state index in [0.717, 1.165) is 37.3 Å². The van der Waals surface area contributed by atoms with Gasteiger partial charge in [-0.3, -0.25) is 0 Å². The van der Waals surface area contributed by atoms with Crippen molar-refractivity contribution in [3.8, 4) is 18.2 Å². The van der Waals surface area contributed by atoms with Crippen LogP contribution in [0.25, 0.3) is 25.1 Å². The number of hydrogen-bond donors (Lipinski definition) is 0. The molecule has 0 bridgehead atoms. The predicted molar refractivity (Wildman–Crippen MR) is 175 cm³/mol. The zero-order valence-corrected chi connectivity index (χ0v) is 26.1. The van der Waals surface area contributed by atoms with Gasteiger partial charge in [-0.25, -0.2) is 0 Å². The summed E-state index contributed by atoms with van der Waals surface area (Å²) in [4.78, 5) is 2.88. The molecule has 1 atom stereocenters. The second-order valence-electron chi connectivity index (χ2n) is 12.2. The number of fused-ring (bicyclic) bond motifs is 3. The van der Waals surface area contributed by atoms with Crippen LogP contribution in [0.5, 0.6) is 0 Å². The Bertz CT molecular complexity index is 1760. The number of rotatable bonds is 7. The Labute approximate surface area is 251 Å². The van der Waals surface area contributed by atoms with Crippen LogP contribution in [0.2, 0.25) is 0 Å². The lowest BCUT2D eigenvalue weighted by molar-refractivity contribution is 0.295. The molecule has 2 aromatic carbocycles. The minimum absolute atomic E-state index is 0.0748. The van der Waals surface area contributed by atoms with Crippen molar-refractivity contribution in [2.24, 2.45) is 11.3 Å². The average molecular weight is 575 g/mol. The van der Waals surface area contributed by atoms with E-state index < -0.39 is 0 Å². The first kappa shape index (κ1) is 29.8. The molecule has 0 fully saturated rings. The van der Waals surface area contributed by atoms with Crippen LogP contribution in [0, 0.1) is 45.3 Å². The van der Waals surface area contributed by atoms with Gasteiger partial charge < -0.3 is 4.90 Å². The molecule has 4 nitrogen and oxygen atoms in total. The number of benzene rings is 2. The summed E-state index contributed by atoms with van der Waals surface area (Å²) in [5.74, 6) is 0.361. The third-order valence-electron chi connectivity index (χ3n) is 7.29. The third kappa shape index (κ3) is 6.28. The Morgan fingerprint density at radius 2 is 1.54 bits per heavy atom. The van der Waals surface area contributed by atoms with Crippen LogP contribution >= 0.6 is 22.7 Å². The molecule has 6 heteroatoms. The SMILES string of the molecule is C=CC(C/C=C/N(c1ccc(C(C)(C)C)cc1)c1ccc2c(c1)sc1cc(C(C#N)=C(C#N)C#N)sc12)C(C)(C)C. The van der Waals surface area contributed by atoms with Crippen LogP contribution in [0.4, 0.5) is 11.4 Å². The van der Waals surface area contributed by atoms with Gasteiger partial charge in [0.1, 0.15) is 23.8 Å². The minimum atomic E-state index is -0.155. The summed E-state index contributed by atoms with van der Waals surface area (Å²) in [6, 6.07) is 22.9. The molecule has 0 N–H and O–H groups in total. The van der Waals surface area contributed by atoms with Crippen LogP contribution in [0.15, 0.2) is 79.0 Å². The molecule has 0 spiro atoms. The predicted octanol–water partition coefficient (Wildman–Crippen LogP) is 10.6. The minimum Gasteiger partial charge on any atom is -0.317 e. The molecule has 2 heterocycles. The van der Waals surface area contributed by atoms with Gasteiger partial charge in [-0.05, 0) is 59.1 Å². The molecule has 4 aromatic rings. The van der Waals surface area contributed by atoms with Gasteiger partial charge in [-0.15, -0.1) is 29.3 Å². The second-order valence-corrected chi connectivity index (χ2v) is 14.3. The Balaban J connectivity index is 1.77. The summed E-state index contributed by atoms with van der Waals surface area (Å²) < 4.78 is 3.24. The van der Waals surface area contributed by atoms with Crippen molar-refractivity contribution in [2.75, 3.05) is 4.90 Å². The van der Waals surface area contributed by atoms with Crippen LogP contribution in [-0.2, 0) is 5.41 Å². The summed E-state index contributed by atoms with van der Waals surface area (Å²) in [5, 5.41) is 29.3. The largest absolute Gasteiger partial charge is 0.317 e. The second kappa shape index (κ2) is 11.8. The van der Waals surface area contributed by atoms with Crippen molar-refractivity contribution in [2.45, 2.75) is 53.4 Å². The summed E-state index contributed by atoms with van der Waals surface area (Å²) in [6.07, 6.45) is 7.34. The fourth-order valence-corrected chi connectivity index (χ4v) is 7.30. The Hall–Kier alpha value is -4.15. The lowest BCUT2D eigenvalue weighted by atomic mass is 9.79. The molecule has 2 aromatic heterocycles. The molecule has 0 aliphatic rings. The van der Waals surface area contributed by atoms with Crippen LogP contribution in [-0.4, -0.2) is 0 Å². The Kier molecular flexibility index (Phi) is 8.55. The number of thiophene rings is 2. The lowest BCUT2D eigenvalue weighted by Gasteiger charge is -2.27. The molecular weight excluding hydrogens is 541 g/mol. The topological polar surface area (TPSA) is 74.6 Å². The van der Waals surface area contributed by atoms with Gasteiger partial charge in [0.05, 0.1) is 10.3 Å². The molecule has 206 valence electrons. The van der Waals surface area contributed by atoms with Crippen molar-refractivity contribution in [3.05, 3.63) is 89.5 Å². The number of nitriles is 3. The molecule has 0 saturated heterocycles. The standard InChI is InChI=1S/C35H34N4S2/c1-8-24(34(2,3)4)10-9-17-39(26-13-11-25(12-14-26)35(5,6)7)27-15-16-28-30(18-27)40-32-19-31(41-33(28)32)29(22-38)23(20-36)21-37/h8-9,11-19,24H,1,10H2,2-7H3/b17-9+. The fourth-order valence-electron chi connectivity index (χ4n) is 4.74. The number of allylic oxidation sites excluding steroid dienone is 4. The highest BCUT2D eigenvalue weighted by molar-refractivity contribution is 7.33. The molecule has 0 saturated carbocycles. The quantitative estimate of drug-likeness (QED) is 0.162. The van der Waals surface area contributed by atoms with E-state index in [1.54, 1.807) is 11.3 Å². The highest BCUT2D eigenvalue weighted by Gasteiger charge is 2.21. The molecule has 4 rings (SSSR count). The van der Waals surface area contributed by atoms with Gasteiger partial charge in [0.15, 0.2) is 0 Å². The zero-order valence-electron chi connectivity index (χ0n) is 24.4. The monoisotopic (exact) mass is 574 g/mol. The Morgan fingerprint density at radius 3 is 2.10 bits per heavy atom. The highest BCUT2D eigenvalue weighted by atomic mass is 32.1. The molecule has 0 amide bonds. The molecule has 41 heavy (non-hydrogen) atoms. The average Bonchev–Trinajstić information content (AvgIpc) is 3.48. The van der Waals surface area contributed by atoms with Crippen LogP contribution in [0.3, 0.4) is 0 Å². The van der Waals surface area contributed by atoms with Crippen molar-refractivity contribution in [3.63, 3.8) is 0 Å². The number of hydrogen-bond acceptors (Lipinski definition) is 6. The normalized spacial score (nSPS) is 12.6. The van der Waals surface area contributed by atoms with Gasteiger partial charge in [0, 0.05) is 37.2 Å². The first-order valence-electron chi connectivity index (χ1n) is 13.5. The van der Waals surface area contributed by atoms with Gasteiger partial charge >= 0.3 is 0 Å². The van der Waals surface area contributed by atoms with Crippen molar-refractivity contribution in [1.82, 2.24) is 0 Å². The van der Waals surface area contributed by atoms with E-state index >= 15 is 0 Å². The smallest absolute Gasteiger partial charge is 0.148 e. The number of nitrogens with zero attached hydrogens (tertiary/aromatic N) is 4. The van der Waals surface area contributed by atoms with Gasteiger partial charge in [-0.1, -0.05) is 71.9 Å². The molecule has 0 radical (unpaired) electrons. The zero-order chi connectivity index (χ0) is 29.9. The van der Waals surface area contributed by atoms with Gasteiger partial charge in [0.2, 0.25) is 0 Å². The van der Waals surface area contributed by atoms with E-state index in [-0.39, 0.29) is 22.0 Å². The maximum Gasteiger partial charge on any atom is 0.148 e. The fraction of sp³-hybridized carbons (Fsp3) is 0.286. The van der Waals surface area contributed by atoms with E-state index in [1.165, 1.54) is 16.9 Å². The summed E-state index contributed by atoms with van der Waals surface area (Å²) in [6.45, 7) is 17.5. The summed E-state index contributed by atoms with van der Waals surface area (Å²) >= 11 is 3.11. The third-order valence-corrected chi connectivity index (χ3v) is 9.71. The first-order chi connectivity index (χ1) is 19.4.